The van der Waals surface area contributed by atoms with Gasteiger partial charge in [0.15, 0.2) is 0 Å². The standard InChI is InChI=1S/C19H18N2/c1-3-6-19-20-16-8-5-4-7-15(16)18-12-14-11-13(2)9-10-17(14)21(18)19/h4-5,7-12H,3,6H2,1-2H3. The van der Waals surface area contributed by atoms with E-state index in [4.69, 9.17) is 4.98 Å². The molecule has 2 aromatic heterocycles. The number of rotatable bonds is 2. The van der Waals surface area contributed by atoms with Crippen molar-refractivity contribution in [2.45, 2.75) is 26.7 Å². The second-order valence-electron chi connectivity index (χ2n) is 5.72. The lowest BCUT2D eigenvalue weighted by atomic mass is 10.2. The number of hydrogen-bond acceptors (Lipinski definition) is 1. The summed E-state index contributed by atoms with van der Waals surface area (Å²) >= 11 is 0. The van der Waals surface area contributed by atoms with Gasteiger partial charge in [0.1, 0.15) is 5.82 Å². The Morgan fingerprint density at radius 3 is 2.71 bits per heavy atom. The average molecular weight is 274 g/mol. The molecule has 104 valence electrons. The van der Waals surface area contributed by atoms with Crippen molar-refractivity contribution in [3.05, 3.63) is 59.9 Å². The lowest BCUT2D eigenvalue weighted by Gasteiger charge is -2.09. The van der Waals surface area contributed by atoms with Gasteiger partial charge in [-0.3, -0.25) is 4.40 Å². The minimum absolute atomic E-state index is 0.999. The van der Waals surface area contributed by atoms with Gasteiger partial charge in [-0.05, 0) is 37.6 Å². The molecular formula is C19H18N2. The molecule has 21 heavy (non-hydrogen) atoms. The van der Waals surface area contributed by atoms with E-state index in [2.05, 4.69) is 66.8 Å². The van der Waals surface area contributed by atoms with Gasteiger partial charge in [-0.1, -0.05) is 36.8 Å². The van der Waals surface area contributed by atoms with Crippen LogP contribution in [0.5, 0.6) is 0 Å². The zero-order chi connectivity index (χ0) is 14.4. The molecule has 2 heterocycles. The first kappa shape index (κ1) is 12.4. The van der Waals surface area contributed by atoms with E-state index in [-0.39, 0.29) is 0 Å². The number of hydrogen-bond donors (Lipinski definition) is 0. The van der Waals surface area contributed by atoms with E-state index in [1.807, 2.05) is 0 Å². The Labute approximate surface area is 124 Å². The lowest BCUT2D eigenvalue weighted by Crippen LogP contribution is -2.01. The summed E-state index contributed by atoms with van der Waals surface area (Å²) in [6, 6.07) is 17.4. The van der Waals surface area contributed by atoms with Gasteiger partial charge >= 0.3 is 0 Å². The average Bonchev–Trinajstić information content (AvgIpc) is 2.86. The molecule has 0 unspecified atom stereocenters. The van der Waals surface area contributed by atoms with Crippen molar-refractivity contribution < 1.29 is 0 Å². The summed E-state index contributed by atoms with van der Waals surface area (Å²) in [6.07, 6.45) is 2.10. The summed E-state index contributed by atoms with van der Waals surface area (Å²) in [5.74, 6) is 1.16. The SMILES string of the molecule is CCCc1nc2ccccc2c2cc3cc(C)ccc3n12. The molecule has 0 atom stereocenters. The molecule has 4 aromatic rings. The minimum atomic E-state index is 0.999. The maximum atomic E-state index is 4.90. The predicted molar refractivity (Wildman–Crippen MR) is 88.9 cm³/mol. The van der Waals surface area contributed by atoms with E-state index in [0.29, 0.717) is 0 Å². The maximum Gasteiger partial charge on any atom is 0.114 e. The number of para-hydroxylation sites is 1. The molecule has 0 bridgehead atoms. The number of nitrogens with zero attached hydrogens (tertiary/aromatic N) is 2. The van der Waals surface area contributed by atoms with Crippen molar-refractivity contribution in [2.75, 3.05) is 0 Å². The molecule has 0 aliphatic heterocycles. The van der Waals surface area contributed by atoms with E-state index < -0.39 is 0 Å². The summed E-state index contributed by atoms with van der Waals surface area (Å²) in [7, 11) is 0. The van der Waals surface area contributed by atoms with Gasteiger partial charge < -0.3 is 0 Å². The smallest absolute Gasteiger partial charge is 0.114 e. The molecule has 0 radical (unpaired) electrons. The largest absolute Gasteiger partial charge is 0.297 e. The Morgan fingerprint density at radius 2 is 1.86 bits per heavy atom. The summed E-state index contributed by atoms with van der Waals surface area (Å²) in [6.45, 7) is 4.35. The molecule has 0 saturated heterocycles. The normalized spacial score (nSPS) is 11.7. The van der Waals surface area contributed by atoms with Crippen molar-refractivity contribution in [1.29, 1.82) is 0 Å². The van der Waals surface area contributed by atoms with Gasteiger partial charge in [0.05, 0.1) is 16.6 Å². The molecule has 0 N–H and O–H groups in total. The third kappa shape index (κ3) is 1.83. The number of aryl methyl sites for hydroxylation is 2. The van der Waals surface area contributed by atoms with E-state index in [1.54, 1.807) is 0 Å². The van der Waals surface area contributed by atoms with E-state index in [9.17, 15) is 0 Å². The fourth-order valence-corrected chi connectivity index (χ4v) is 3.18. The summed E-state index contributed by atoms with van der Waals surface area (Å²) in [5.41, 5.74) is 4.92. The van der Waals surface area contributed by atoms with Crippen LogP contribution in [-0.2, 0) is 6.42 Å². The first-order valence-electron chi connectivity index (χ1n) is 7.57. The van der Waals surface area contributed by atoms with Gasteiger partial charge in [0.2, 0.25) is 0 Å². The maximum absolute atomic E-state index is 4.90. The molecule has 0 fully saturated rings. The first-order chi connectivity index (χ1) is 10.3. The Kier molecular flexibility index (Phi) is 2.71. The second-order valence-corrected chi connectivity index (χ2v) is 5.72. The third-order valence-electron chi connectivity index (χ3n) is 4.12. The molecule has 0 spiro atoms. The van der Waals surface area contributed by atoms with Gasteiger partial charge in [-0.15, -0.1) is 0 Å². The second kappa shape index (κ2) is 4.59. The van der Waals surface area contributed by atoms with Crippen LogP contribution in [0.1, 0.15) is 24.7 Å². The summed E-state index contributed by atoms with van der Waals surface area (Å²) < 4.78 is 2.33. The molecule has 2 aromatic carbocycles. The summed E-state index contributed by atoms with van der Waals surface area (Å²) in [5, 5.41) is 2.52. The van der Waals surface area contributed by atoms with Crippen LogP contribution in [-0.4, -0.2) is 9.38 Å². The van der Waals surface area contributed by atoms with Gasteiger partial charge in [-0.25, -0.2) is 4.98 Å². The van der Waals surface area contributed by atoms with E-state index in [0.717, 1.165) is 24.2 Å². The van der Waals surface area contributed by atoms with Crippen LogP contribution in [0.25, 0.3) is 27.3 Å². The van der Waals surface area contributed by atoms with Crippen LogP contribution in [0, 0.1) is 6.92 Å². The van der Waals surface area contributed by atoms with Gasteiger partial charge in [0, 0.05) is 17.2 Å². The molecule has 2 heteroatoms. The molecule has 4 rings (SSSR count). The van der Waals surface area contributed by atoms with Crippen LogP contribution in [0.2, 0.25) is 0 Å². The van der Waals surface area contributed by atoms with Crippen LogP contribution in [0.3, 0.4) is 0 Å². The Balaban J connectivity index is 2.24. The zero-order valence-corrected chi connectivity index (χ0v) is 12.4. The minimum Gasteiger partial charge on any atom is -0.297 e. The first-order valence-corrected chi connectivity index (χ1v) is 7.57. The van der Waals surface area contributed by atoms with E-state index in [1.165, 1.54) is 27.4 Å². The van der Waals surface area contributed by atoms with Crippen molar-refractivity contribution in [3.63, 3.8) is 0 Å². The topological polar surface area (TPSA) is 17.3 Å². The van der Waals surface area contributed by atoms with Crippen LogP contribution in [0.4, 0.5) is 0 Å². The number of aromatic nitrogens is 2. The van der Waals surface area contributed by atoms with Gasteiger partial charge in [-0.2, -0.15) is 0 Å². The Morgan fingerprint density at radius 1 is 1.00 bits per heavy atom. The summed E-state index contributed by atoms with van der Waals surface area (Å²) in [4.78, 5) is 4.90. The molecule has 0 aliphatic carbocycles. The quantitative estimate of drug-likeness (QED) is 0.508. The molecule has 0 amide bonds. The van der Waals surface area contributed by atoms with E-state index >= 15 is 0 Å². The highest BCUT2D eigenvalue weighted by molar-refractivity contribution is 6.01. The zero-order valence-electron chi connectivity index (χ0n) is 12.4. The van der Waals surface area contributed by atoms with Crippen LogP contribution >= 0.6 is 0 Å². The highest BCUT2D eigenvalue weighted by atomic mass is 15.0. The molecule has 0 aliphatic rings. The Hall–Kier alpha value is -2.35. The van der Waals surface area contributed by atoms with Crippen molar-refractivity contribution in [3.8, 4) is 0 Å². The highest BCUT2D eigenvalue weighted by Crippen LogP contribution is 2.28. The fourth-order valence-electron chi connectivity index (χ4n) is 3.18. The van der Waals surface area contributed by atoms with Gasteiger partial charge in [0.25, 0.3) is 0 Å². The Bertz CT molecular complexity index is 963. The predicted octanol–water partition coefficient (Wildman–Crippen LogP) is 4.90. The van der Waals surface area contributed by atoms with Crippen molar-refractivity contribution in [1.82, 2.24) is 9.38 Å². The fraction of sp³-hybridized carbons (Fsp3) is 0.211. The number of fused-ring (bicyclic) bond motifs is 5. The lowest BCUT2D eigenvalue weighted by molar-refractivity contribution is 0.830. The van der Waals surface area contributed by atoms with Crippen LogP contribution < -0.4 is 0 Å². The van der Waals surface area contributed by atoms with Crippen LogP contribution in [0.15, 0.2) is 48.5 Å². The van der Waals surface area contributed by atoms with Crippen molar-refractivity contribution >= 4 is 27.3 Å². The molecule has 2 nitrogen and oxygen atoms in total. The number of benzene rings is 2. The monoisotopic (exact) mass is 274 g/mol. The highest BCUT2D eigenvalue weighted by Gasteiger charge is 2.11. The van der Waals surface area contributed by atoms with Crippen molar-refractivity contribution in [2.24, 2.45) is 0 Å². The molecular weight excluding hydrogens is 256 g/mol. The third-order valence-corrected chi connectivity index (χ3v) is 4.12. The molecule has 0 saturated carbocycles.